The maximum Gasteiger partial charge on any atom is 0.216 e. The van der Waals surface area contributed by atoms with Crippen molar-refractivity contribution in [1.82, 2.24) is 9.21 Å². The van der Waals surface area contributed by atoms with Gasteiger partial charge in [0, 0.05) is 31.8 Å². The molecule has 0 bridgehead atoms. The third-order valence-corrected chi connectivity index (χ3v) is 7.34. The molecule has 2 fully saturated rings. The smallest absolute Gasteiger partial charge is 0.216 e. The molecule has 1 aromatic carbocycles. The van der Waals surface area contributed by atoms with Gasteiger partial charge in [-0.1, -0.05) is 6.07 Å². The Bertz CT molecular complexity index is 684. The highest BCUT2D eigenvalue weighted by atomic mass is 32.2. The molecule has 1 aliphatic heterocycles. The zero-order chi connectivity index (χ0) is 17.3. The summed E-state index contributed by atoms with van der Waals surface area (Å²) >= 11 is 0. The number of hydrogen-bond donors (Lipinski definition) is 0. The van der Waals surface area contributed by atoms with E-state index in [4.69, 9.17) is 0 Å². The Balaban J connectivity index is 1.49. The van der Waals surface area contributed by atoms with Gasteiger partial charge in [-0.05, 0) is 50.8 Å². The number of benzene rings is 1. The highest BCUT2D eigenvalue weighted by Crippen LogP contribution is 2.31. The molecule has 0 spiro atoms. The molecule has 0 amide bonds. The van der Waals surface area contributed by atoms with Crippen LogP contribution in [0.2, 0.25) is 0 Å². The van der Waals surface area contributed by atoms with Crippen molar-refractivity contribution in [2.45, 2.75) is 37.5 Å². The molecule has 2 aliphatic rings. The molecule has 0 radical (unpaired) electrons. The van der Waals surface area contributed by atoms with E-state index in [9.17, 15) is 17.2 Å². The van der Waals surface area contributed by atoms with Crippen LogP contribution in [0.1, 0.15) is 31.2 Å². The van der Waals surface area contributed by atoms with Crippen molar-refractivity contribution in [3.05, 3.63) is 35.4 Å². The normalized spacial score (nSPS) is 20.7. The average molecular weight is 358 g/mol. The molecule has 3 rings (SSSR count). The van der Waals surface area contributed by atoms with E-state index in [1.807, 2.05) is 0 Å². The van der Waals surface area contributed by atoms with Gasteiger partial charge in [-0.15, -0.1) is 0 Å². The van der Waals surface area contributed by atoms with Gasteiger partial charge in [-0.3, -0.25) is 4.90 Å². The van der Waals surface area contributed by atoms with E-state index in [1.165, 1.54) is 16.4 Å². The fourth-order valence-corrected chi connectivity index (χ4v) is 4.97. The molecule has 134 valence electrons. The largest absolute Gasteiger partial charge is 0.299 e. The summed E-state index contributed by atoms with van der Waals surface area (Å²) in [6, 6.07) is 3.69. The maximum atomic E-state index is 13.7. The highest BCUT2D eigenvalue weighted by molar-refractivity contribution is 7.90. The topological polar surface area (TPSA) is 40.6 Å². The molecule has 1 aromatic rings. The van der Waals surface area contributed by atoms with E-state index >= 15 is 0 Å². The first-order valence-electron chi connectivity index (χ1n) is 8.47. The molecular weight excluding hydrogens is 334 g/mol. The molecule has 0 atom stereocenters. The van der Waals surface area contributed by atoms with Crippen LogP contribution in [0, 0.1) is 17.6 Å². The molecule has 1 saturated heterocycles. The molecule has 4 nitrogen and oxygen atoms in total. The lowest BCUT2D eigenvalue weighted by molar-refractivity contribution is 0.164. The number of sulfonamides is 1. The zero-order valence-corrected chi connectivity index (χ0v) is 14.7. The van der Waals surface area contributed by atoms with Crippen molar-refractivity contribution in [3.63, 3.8) is 0 Å². The second-order valence-electron chi connectivity index (χ2n) is 6.98. The van der Waals surface area contributed by atoms with Crippen molar-refractivity contribution >= 4 is 10.0 Å². The van der Waals surface area contributed by atoms with Gasteiger partial charge in [-0.25, -0.2) is 21.5 Å². The van der Waals surface area contributed by atoms with E-state index < -0.39 is 21.7 Å². The Morgan fingerprint density at radius 2 is 1.83 bits per heavy atom. The van der Waals surface area contributed by atoms with Crippen LogP contribution < -0.4 is 0 Å². The SMILES string of the molecule is CN(CC1CCN(Cc2ccc(F)cc2F)CC1)S(=O)(=O)C1CC1. The lowest BCUT2D eigenvalue weighted by Gasteiger charge is -2.33. The fraction of sp³-hybridized carbons (Fsp3) is 0.647. The first-order chi connectivity index (χ1) is 11.4. The standard InChI is InChI=1S/C17H24F2N2O2S/c1-20(24(22,23)16-4-5-16)11-13-6-8-21(9-7-13)12-14-2-3-15(18)10-17(14)19/h2-3,10,13,16H,4-9,11-12H2,1H3. The Morgan fingerprint density at radius 1 is 1.17 bits per heavy atom. The van der Waals surface area contributed by atoms with Crippen molar-refractivity contribution in [1.29, 1.82) is 0 Å². The summed E-state index contributed by atoms with van der Waals surface area (Å²) in [5.41, 5.74) is 0.503. The van der Waals surface area contributed by atoms with Crippen molar-refractivity contribution in [2.24, 2.45) is 5.92 Å². The van der Waals surface area contributed by atoms with E-state index in [0.29, 0.717) is 24.6 Å². The van der Waals surface area contributed by atoms with Crippen LogP contribution in [-0.4, -0.2) is 49.6 Å². The molecule has 1 saturated carbocycles. The lowest BCUT2D eigenvalue weighted by Crippen LogP contribution is -2.40. The van der Waals surface area contributed by atoms with Crippen molar-refractivity contribution in [3.8, 4) is 0 Å². The van der Waals surface area contributed by atoms with Gasteiger partial charge in [0.1, 0.15) is 11.6 Å². The van der Waals surface area contributed by atoms with Gasteiger partial charge in [0.05, 0.1) is 5.25 Å². The molecule has 24 heavy (non-hydrogen) atoms. The lowest BCUT2D eigenvalue weighted by atomic mass is 9.96. The number of rotatable bonds is 6. The van der Waals surface area contributed by atoms with Crippen LogP contribution in [-0.2, 0) is 16.6 Å². The summed E-state index contributed by atoms with van der Waals surface area (Å²) in [5, 5.41) is -0.163. The van der Waals surface area contributed by atoms with Crippen LogP contribution in [0.25, 0.3) is 0 Å². The Labute approximate surface area is 142 Å². The number of piperidine rings is 1. The van der Waals surface area contributed by atoms with Crippen LogP contribution in [0.4, 0.5) is 8.78 Å². The van der Waals surface area contributed by atoms with Crippen LogP contribution in [0.5, 0.6) is 0 Å². The first-order valence-corrected chi connectivity index (χ1v) is 9.98. The van der Waals surface area contributed by atoms with Gasteiger partial charge in [0.2, 0.25) is 10.0 Å². The summed E-state index contributed by atoms with van der Waals surface area (Å²) in [6.07, 6.45) is 3.36. The third kappa shape index (κ3) is 4.13. The second-order valence-corrected chi connectivity index (χ2v) is 9.30. The minimum Gasteiger partial charge on any atom is -0.299 e. The molecule has 0 unspecified atom stereocenters. The molecule has 1 aliphatic carbocycles. The van der Waals surface area contributed by atoms with Gasteiger partial charge < -0.3 is 0 Å². The third-order valence-electron chi connectivity index (χ3n) is 5.01. The van der Waals surface area contributed by atoms with Gasteiger partial charge in [0.15, 0.2) is 0 Å². The van der Waals surface area contributed by atoms with Crippen LogP contribution in [0.3, 0.4) is 0 Å². The summed E-state index contributed by atoms with van der Waals surface area (Å²) in [6.45, 7) is 2.64. The highest BCUT2D eigenvalue weighted by Gasteiger charge is 2.39. The number of hydrogen-bond acceptors (Lipinski definition) is 3. The summed E-state index contributed by atoms with van der Waals surface area (Å²) in [4.78, 5) is 2.14. The van der Waals surface area contributed by atoms with Crippen LogP contribution >= 0.6 is 0 Å². The van der Waals surface area contributed by atoms with Crippen LogP contribution in [0.15, 0.2) is 18.2 Å². The summed E-state index contributed by atoms with van der Waals surface area (Å²) in [5.74, 6) is -0.722. The second kappa shape index (κ2) is 7.06. The first kappa shape index (κ1) is 17.8. The number of likely N-dealkylation sites (tertiary alicyclic amines) is 1. The summed E-state index contributed by atoms with van der Waals surface area (Å²) < 4.78 is 52.6. The van der Waals surface area contributed by atoms with Gasteiger partial charge in [0.25, 0.3) is 0 Å². The number of halogens is 2. The monoisotopic (exact) mass is 358 g/mol. The number of nitrogens with zero attached hydrogens (tertiary/aromatic N) is 2. The van der Waals surface area contributed by atoms with Gasteiger partial charge in [-0.2, -0.15) is 0 Å². The molecule has 1 heterocycles. The van der Waals surface area contributed by atoms with Crippen molar-refractivity contribution in [2.75, 3.05) is 26.7 Å². The molecular formula is C17H24F2N2O2S. The molecule has 0 aromatic heterocycles. The predicted molar refractivity (Wildman–Crippen MR) is 88.9 cm³/mol. The fourth-order valence-electron chi connectivity index (χ4n) is 3.31. The Kier molecular flexibility index (Phi) is 5.22. The molecule has 0 N–H and O–H groups in total. The van der Waals surface area contributed by atoms with E-state index in [-0.39, 0.29) is 5.25 Å². The Morgan fingerprint density at radius 3 is 2.42 bits per heavy atom. The predicted octanol–water partition coefficient (Wildman–Crippen LogP) is 2.60. The van der Waals surface area contributed by atoms with E-state index in [2.05, 4.69) is 4.90 Å². The summed E-state index contributed by atoms with van der Waals surface area (Å²) in [7, 11) is -1.43. The average Bonchev–Trinajstić information content (AvgIpc) is 3.37. The minimum absolute atomic E-state index is 0.163. The van der Waals surface area contributed by atoms with E-state index in [0.717, 1.165) is 44.8 Å². The van der Waals surface area contributed by atoms with Gasteiger partial charge >= 0.3 is 0 Å². The van der Waals surface area contributed by atoms with E-state index in [1.54, 1.807) is 7.05 Å². The maximum absolute atomic E-state index is 13.7. The molecule has 7 heteroatoms. The van der Waals surface area contributed by atoms with Crippen molar-refractivity contribution < 1.29 is 17.2 Å². The Hall–Kier alpha value is -1.05. The minimum atomic E-state index is -3.10. The quantitative estimate of drug-likeness (QED) is 0.785. The zero-order valence-electron chi connectivity index (χ0n) is 13.9.